The molecule has 2 rings (SSSR count). The van der Waals surface area contributed by atoms with E-state index in [2.05, 4.69) is 4.98 Å². The molecule has 0 radical (unpaired) electrons. The normalized spacial score (nSPS) is 11.9. The third kappa shape index (κ3) is 4.74. The molecule has 3 N–H and O–H groups in total. The first-order valence-corrected chi connectivity index (χ1v) is 9.38. The van der Waals surface area contributed by atoms with E-state index in [-0.39, 0.29) is 4.90 Å². The van der Waals surface area contributed by atoms with Crippen molar-refractivity contribution in [1.29, 1.82) is 0 Å². The molecule has 27 heavy (non-hydrogen) atoms. The van der Waals surface area contributed by atoms with Crippen LogP contribution < -0.4 is 10.0 Å². The van der Waals surface area contributed by atoms with E-state index in [4.69, 9.17) is 5.11 Å². The number of rotatable bonds is 4. The van der Waals surface area contributed by atoms with Crippen molar-refractivity contribution in [3.63, 3.8) is 0 Å². The predicted molar refractivity (Wildman–Crippen MR) is 89.3 cm³/mol. The Morgan fingerprint density at radius 3 is 2.33 bits per heavy atom. The molecule has 0 atom stereocenters. The molecule has 0 spiro atoms. The number of urea groups is 1. The number of carboxylic acid groups (broad SMARTS) is 1. The van der Waals surface area contributed by atoms with E-state index >= 15 is 0 Å². The van der Waals surface area contributed by atoms with Gasteiger partial charge in [0.1, 0.15) is 5.82 Å². The molecule has 0 unspecified atom stereocenters. The van der Waals surface area contributed by atoms with Crippen LogP contribution >= 0.6 is 11.3 Å². The molecule has 146 valence electrons. The molecule has 2 aromatic heterocycles. The van der Waals surface area contributed by atoms with Crippen LogP contribution in [0, 0.1) is 13.8 Å². The van der Waals surface area contributed by atoms with Gasteiger partial charge in [-0.3, -0.25) is 5.32 Å². The number of carboxylic acids is 1. The molecule has 0 saturated carbocycles. The van der Waals surface area contributed by atoms with Gasteiger partial charge in [-0.1, -0.05) is 0 Å². The number of nitrogens with one attached hydrogen (secondary N) is 2. The van der Waals surface area contributed by atoms with Crippen molar-refractivity contribution in [1.82, 2.24) is 9.71 Å². The summed E-state index contributed by atoms with van der Waals surface area (Å²) >= 11 is 1.12. The number of thiophene rings is 1. The lowest BCUT2D eigenvalue weighted by atomic mass is 10.1. The second-order valence-electron chi connectivity index (χ2n) is 5.28. The fourth-order valence-electron chi connectivity index (χ4n) is 2.06. The number of nitrogens with zero attached hydrogens (tertiary/aromatic N) is 1. The Kier molecular flexibility index (Phi) is 5.47. The Balaban J connectivity index is 2.32. The number of aryl methyl sites for hydroxylation is 1. The quantitative estimate of drug-likeness (QED) is 0.694. The monoisotopic (exact) mass is 423 g/mol. The fraction of sp³-hybridized carbons (Fsp3) is 0.214. The molecule has 2 heterocycles. The lowest BCUT2D eigenvalue weighted by Gasteiger charge is -2.14. The number of aromatic nitrogens is 1. The molecule has 0 bridgehead atoms. The van der Waals surface area contributed by atoms with Gasteiger partial charge in [-0.05, 0) is 31.5 Å². The van der Waals surface area contributed by atoms with Crippen LogP contribution in [-0.2, 0) is 16.2 Å². The predicted octanol–water partition coefficient (Wildman–Crippen LogP) is 2.99. The van der Waals surface area contributed by atoms with Gasteiger partial charge in [-0.15, -0.1) is 11.3 Å². The highest BCUT2D eigenvalue weighted by atomic mass is 32.2. The van der Waals surface area contributed by atoms with Gasteiger partial charge in [-0.2, -0.15) is 13.2 Å². The topological polar surface area (TPSA) is 125 Å². The fourth-order valence-corrected chi connectivity index (χ4v) is 4.09. The van der Waals surface area contributed by atoms with E-state index in [1.54, 1.807) is 11.6 Å². The highest BCUT2D eigenvalue weighted by Gasteiger charge is 2.35. The first-order valence-electron chi connectivity index (χ1n) is 7.02. The van der Waals surface area contributed by atoms with E-state index in [0.717, 1.165) is 18.3 Å². The molecule has 0 aliphatic carbocycles. The number of aromatic carboxylic acids is 1. The molecule has 13 heteroatoms. The Labute approximate surface area is 155 Å². The van der Waals surface area contributed by atoms with Crippen LogP contribution in [0.25, 0.3) is 0 Å². The minimum atomic E-state index is -4.90. The van der Waals surface area contributed by atoms with Gasteiger partial charge in [0, 0.05) is 10.3 Å². The average molecular weight is 423 g/mol. The van der Waals surface area contributed by atoms with Gasteiger partial charge < -0.3 is 5.11 Å². The number of anilines is 1. The number of halogens is 3. The molecule has 0 fully saturated rings. The van der Waals surface area contributed by atoms with Crippen molar-refractivity contribution in [2.75, 3.05) is 5.32 Å². The molecule has 0 aromatic carbocycles. The lowest BCUT2D eigenvalue weighted by molar-refractivity contribution is -0.138. The highest BCUT2D eigenvalue weighted by Crippen LogP contribution is 2.34. The smallest absolute Gasteiger partial charge is 0.416 e. The average Bonchev–Trinajstić information content (AvgIpc) is 2.94. The first-order chi connectivity index (χ1) is 12.3. The molecule has 0 saturated heterocycles. The molecule has 2 aromatic rings. The largest absolute Gasteiger partial charge is 0.477 e. The van der Waals surface area contributed by atoms with Crippen molar-refractivity contribution in [3.05, 3.63) is 39.2 Å². The van der Waals surface area contributed by atoms with Crippen LogP contribution in [-0.4, -0.2) is 30.5 Å². The van der Waals surface area contributed by atoms with Crippen molar-refractivity contribution in [2.24, 2.45) is 0 Å². The summed E-state index contributed by atoms with van der Waals surface area (Å²) in [5.74, 6) is -2.50. The summed E-state index contributed by atoms with van der Waals surface area (Å²) in [7, 11) is -4.25. The number of hydrogen-bond acceptors (Lipinski definition) is 6. The second kappa shape index (κ2) is 7.15. The van der Waals surface area contributed by atoms with Gasteiger partial charge in [0.25, 0.3) is 10.0 Å². The molecule has 8 nitrogen and oxygen atoms in total. The van der Waals surface area contributed by atoms with E-state index in [1.165, 1.54) is 11.4 Å². The zero-order valence-corrected chi connectivity index (χ0v) is 15.3. The number of alkyl halides is 3. The van der Waals surface area contributed by atoms with Crippen LogP contribution in [0.15, 0.2) is 22.4 Å². The van der Waals surface area contributed by atoms with Crippen LogP contribution in [0.4, 0.5) is 23.8 Å². The Morgan fingerprint density at radius 1 is 1.22 bits per heavy atom. The number of carbonyl (C=O) groups is 2. The molecule has 0 aliphatic heterocycles. The van der Waals surface area contributed by atoms with E-state index in [0.29, 0.717) is 10.9 Å². The zero-order valence-electron chi connectivity index (χ0n) is 13.7. The number of carbonyl (C=O) groups excluding carboxylic acids is 1. The van der Waals surface area contributed by atoms with E-state index in [9.17, 15) is 31.2 Å². The zero-order chi connectivity index (χ0) is 20.6. The maximum Gasteiger partial charge on any atom is 0.416 e. The molecular weight excluding hydrogens is 411 g/mol. The number of hydrogen-bond donors (Lipinski definition) is 3. The van der Waals surface area contributed by atoms with Gasteiger partial charge in [0.2, 0.25) is 0 Å². The van der Waals surface area contributed by atoms with Crippen molar-refractivity contribution in [2.45, 2.75) is 24.9 Å². The summed E-state index contributed by atoms with van der Waals surface area (Å²) in [6.45, 7) is 2.57. The number of pyridine rings is 1. The molecule has 0 aliphatic rings. The second-order valence-corrected chi connectivity index (χ2v) is 8.08. The Hall–Kier alpha value is -2.67. The van der Waals surface area contributed by atoms with E-state index in [1.807, 2.05) is 5.32 Å². The summed E-state index contributed by atoms with van der Waals surface area (Å²) in [6.07, 6.45) is -4.90. The number of sulfonamides is 1. The first kappa shape index (κ1) is 20.6. The third-order valence-corrected chi connectivity index (χ3v) is 5.59. The van der Waals surface area contributed by atoms with Crippen molar-refractivity contribution in [3.8, 4) is 0 Å². The summed E-state index contributed by atoms with van der Waals surface area (Å²) in [5, 5.41) is 12.1. The summed E-state index contributed by atoms with van der Waals surface area (Å²) < 4.78 is 64.9. The Bertz CT molecular complexity index is 1020. The van der Waals surface area contributed by atoms with Crippen LogP contribution in [0.2, 0.25) is 0 Å². The Morgan fingerprint density at radius 2 is 1.85 bits per heavy atom. The van der Waals surface area contributed by atoms with Gasteiger partial charge >= 0.3 is 18.2 Å². The summed E-state index contributed by atoms with van der Waals surface area (Å²) in [6, 6.07) is 0.330. The minimum Gasteiger partial charge on any atom is -0.477 e. The molecule has 2 amide bonds. The third-order valence-electron chi connectivity index (χ3n) is 3.27. The standard InChI is InChI=1S/C14H12F3N3O5S2/c1-6-3-8(5-26-6)27(24,25)20-13(23)19-10-4-9(14(15,16)17)7(2)11(18-10)12(21)22/h3-5H,1-2H3,(H,21,22)(H2,18,19,20,23). The van der Waals surface area contributed by atoms with Gasteiger partial charge in [-0.25, -0.2) is 27.7 Å². The lowest BCUT2D eigenvalue weighted by Crippen LogP contribution is -2.34. The van der Waals surface area contributed by atoms with Gasteiger partial charge in [0.15, 0.2) is 5.69 Å². The van der Waals surface area contributed by atoms with Crippen molar-refractivity contribution < 1.29 is 36.3 Å². The summed E-state index contributed by atoms with van der Waals surface area (Å²) in [4.78, 5) is 26.9. The SMILES string of the molecule is Cc1cc(S(=O)(=O)NC(=O)Nc2cc(C(F)(F)F)c(C)c(C(=O)O)n2)cs1. The summed E-state index contributed by atoms with van der Waals surface area (Å²) in [5.41, 5.74) is -2.87. The van der Waals surface area contributed by atoms with E-state index < -0.39 is 50.8 Å². The van der Waals surface area contributed by atoms with Crippen LogP contribution in [0.1, 0.15) is 26.5 Å². The number of amides is 2. The van der Waals surface area contributed by atoms with Crippen LogP contribution in [0.5, 0.6) is 0 Å². The maximum atomic E-state index is 13.1. The molecular formula is C14H12F3N3O5S2. The van der Waals surface area contributed by atoms with Crippen LogP contribution in [0.3, 0.4) is 0 Å². The highest BCUT2D eigenvalue weighted by molar-refractivity contribution is 7.90. The van der Waals surface area contributed by atoms with Crippen molar-refractivity contribution >= 4 is 39.2 Å². The minimum absolute atomic E-state index is 0.195. The van der Waals surface area contributed by atoms with Gasteiger partial charge in [0.05, 0.1) is 10.5 Å². The maximum absolute atomic E-state index is 13.1.